The first-order valence-corrected chi connectivity index (χ1v) is 4.72. The van der Waals surface area contributed by atoms with Crippen LogP contribution < -0.4 is 0 Å². The zero-order valence-electron chi connectivity index (χ0n) is 7.02. The van der Waals surface area contributed by atoms with E-state index in [0.29, 0.717) is 11.8 Å². The Balaban J connectivity index is 3.66. The van der Waals surface area contributed by atoms with Crippen LogP contribution in [0.25, 0.3) is 0 Å². The molecule has 0 aliphatic carbocycles. The van der Waals surface area contributed by atoms with Crippen molar-refractivity contribution in [3.05, 3.63) is 0 Å². The average molecular weight is 200 g/mol. The van der Waals surface area contributed by atoms with Gasteiger partial charge in [0.25, 0.3) is 0 Å². The summed E-state index contributed by atoms with van der Waals surface area (Å²) in [6.07, 6.45) is 0.104. The van der Waals surface area contributed by atoms with Crippen molar-refractivity contribution in [2.45, 2.75) is 13.2 Å². The van der Waals surface area contributed by atoms with Gasteiger partial charge in [-0.1, -0.05) is 0 Å². The van der Waals surface area contributed by atoms with Crippen LogP contribution in [0.3, 0.4) is 0 Å². The van der Waals surface area contributed by atoms with Crippen LogP contribution in [0.1, 0.15) is 6.92 Å². The number of nitrogens with zero attached hydrogens (tertiary/aromatic N) is 1. The third kappa shape index (κ3) is 4.86. The summed E-state index contributed by atoms with van der Waals surface area (Å²) in [5, 5.41) is 0. The summed E-state index contributed by atoms with van der Waals surface area (Å²) in [4.78, 5) is 2.10. The molecule has 0 aromatic heterocycles. The van der Waals surface area contributed by atoms with Crippen molar-refractivity contribution in [3.8, 4) is 0 Å². The minimum Gasteiger partial charge on any atom is -0.367 e. The van der Waals surface area contributed by atoms with Gasteiger partial charge in [-0.2, -0.15) is 0 Å². The van der Waals surface area contributed by atoms with Crippen LogP contribution in [0, 0.1) is 0 Å². The molecular weight excluding hydrogens is 185 g/mol. The molecule has 0 amide bonds. The first kappa shape index (κ1) is 11.5. The van der Waals surface area contributed by atoms with Gasteiger partial charge in [-0.3, -0.25) is 4.90 Å². The van der Waals surface area contributed by atoms with Crippen molar-refractivity contribution in [2.75, 3.05) is 32.0 Å². The molecule has 0 aromatic carbocycles. The molecule has 0 aromatic rings. The van der Waals surface area contributed by atoms with Gasteiger partial charge in [-0.15, -0.1) is 23.2 Å². The Bertz CT molecular complexity index is 86.5. The predicted molar refractivity (Wildman–Crippen MR) is 49.5 cm³/mol. The SMILES string of the molecule is COC(C)N(CCCl)CCCl. The fraction of sp³-hybridized carbons (Fsp3) is 1.00. The zero-order valence-corrected chi connectivity index (χ0v) is 8.53. The number of hydrogen-bond acceptors (Lipinski definition) is 2. The highest BCUT2D eigenvalue weighted by Gasteiger charge is 2.10. The molecule has 4 heteroatoms. The molecular formula is C7H15Cl2NO. The molecule has 0 rings (SSSR count). The molecule has 1 atom stereocenters. The summed E-state index contributed by atoms with van der Waals surface area (Å²) in [6, 6.07) is 0. The van der Waals surface area contributed by atoms with E-state index in [1.165, 1.54) is 0 Å². The van der Waals surface area contributed by atoms with Gasteiger partial charge in [0.2, 0.25) is 0 Å². The van der Waals surface area contributed by atoms with E-state index in [2.05, 4.69) is 4.90 Å². The van der Waals surface area contributed by atoms with E-state index in [9.17, 15) is 0 Å². The first-order chi connectivity index (χ1) is 5.26. The van der Waals surface area contributed by atoms with Crippen molar-refractivity contribution >= 4 is 23.2 Å². The molecule has 0 spiro atoms. The van der Waals surface area contributed by atoms with Crippen LogP contribution in [0.15, 0.2) is 0 Å². The molecule has 0 radical (unpaired) electrons. The molecule has 11 heavy (non-hydrogen) atoms. The lowest BCUT2D eigenvalue weighted by atomic mass is 10.4. The molecule has 0 saturated carbocycles. The summed E-state index contributed by atoms with van der Waals surface area (Å²) in [5.74, 6) is 1.23. The second kappa shape index (κ2) is 7.17. The normalized spacial score (nSPS) is 13.9. The van der Waals surface area contributed by atoms with Crippen LogP contribution in [0.4, 0.5) is 0 Å². The number of halogens is 2. The quantitative estimate of drug-likeness (QED) is 0.478. The number of ether oxygens (including phenoxy) is 1. The van der Waals surface area contributed by atoms with Gasteiger partial charge in [0.15, 0.2) is 0 Å². The zero-order chi connectivity index (χ0) is 8.69. The van der Waals surface area contributed by atoms with Crippen molar-refractivity contribution in [1.29, 1.82) is 0 Å². The number of hydrogen-bond donors (Lipinski definition) is 0. The Morgan fingerprint density at radius 1 is 1.27 bits per heavy atom. The Labute approximate surface area is 78.4 Å². The monoisotopic (exact) mass is 199 g/mol. The van der Waals surface area contributed by atoms with Crippen LogP contribution in [-0.2, 0) is 4.74 Å². The maximum Gasteiger partial charge on any atom is 0.107 e. The topological polar surface area (TPSA) is 12.5 Å². The third-order valence-electron chi connectivity index (χ3n) is 1.60. The summed E-state index contributed by atoms with van der Waals surface area (Å²) >= 11 is 11.2. The van der Waals surface area contributed by atoms with Gasteiger partial charge in [-0.25, -0.2) is 0 Å². The highest BCUT2D eigenvalue weighted by atomic mass is 35.5. The summed E-state index contributed by atoms with van der Waals surface area (Å²) in [7, 11) is 1.68. The smallest absolute Gasteiger partial charge is 0.107 e. The Hall–Kier alpha value is 0.500. The number of rotatable bonds is 6. The molecule has 2 nitrogen and oxygen atoms in total. The van der Waals surface area contributed by atoms with E-state index < -0.39 is 0 Å². The van der Waals surface area contributed by atoms with Crippen molar-refractivity contribution < 1.29 is 4.74 Å². The minimum atomic E-state index is 0.104. The van der Waals surface area contributed by atoms with Gasteiger partial charge < -0.3 is 4.74 Å². The average Bonchev–Trinajstić information content (AvgIpc) is 2.03. The maximum absolute atomic E-state index is 5.59. The lowest BCUT2D eigenvalue weighted by molar-refractivity contribution is -0.0119. The van der Waals surface area contributed by atoms with Crippen LogP contribution >= 0.6 is 23.2 Å². The lowest BCUT2D eigenvalue weighted by Gasteiger charge is -2.25. The Kier molecular flexibility index (Phi) is 7.49. The van der Waals surface area contributed by atoms with Gasteiger partial charge >= 0.3 is 0 Å². The van der Waals surface area contributed by atoms with E-state index in [1.54, 1.807) is 7.11 Å². The van der Waals surface area contributed by atoms with Crippen molar-refractivity contribution in [3.63, 3.8) is 0 Å². The van der Waals surface area contributed by atoms with E-state index in [0.717, 1.165) is 13.1 Å². The molecule has 0 N–H and O–H groups in total. The van der Waals surface area contributed by atoms with E-state index in [1.807, 2.05) is 6.92 Å². The van der Waals surface area contributed by atoms with Crippen molar-refractivity contribution in [1.82, 2.24) is 4.90 Å². The number of methoxy groups -OCH3 is 1. The van der Waals surface area contributed by atoms with Gasteiger partial charge in [0, 0.05) is 32.0 Å². The second-order valence-electron chi connectivity index (χ2n) is 2.25. The molecule has 0 saturated heterocycles. The van der Waals surface area contributed by atoms with Crippen LogP contribution in [0.5, 0.6) is 0 Å². The molecule has 1 unspecified atom stereocenters. The molecule has 68 valence electrons. The molecule has 0 aliphatic rings. The van der Waals surface area contributed by atoms with Crippen LogP contribution in [-0.4, -0.2) is 43.1 Å². The second-order valence-corrected chi connectivity index (χ2v) is 3.00. The predicted octanol–water partition coefficient (Wildman–Crippen LogP) is 1.76. The fourth-order valence-electron chi connectivity index (χ4n) is 0.842. The van der Waals surface area contributed by atoms with E-state index in [4.69, 9.17) is 27.9 Å². The molecule has 0 aliphatic heterocycles. The Morgan fingerprint density at radius 2 is 1.73 bits per heavy atom. The third-order valence-corrected chi connectivity index (χ3v) is 1.94. The largest absolute Gasteiger partial charge is 0.367 e. The maximum atomic E-state index is 5.59. The Morgan fingerprint density at radius 3 is 2.00 bits per heavy atom. The van der Waals surface area contributed by atoms with Crippen LogP contribution in [0.2, 0.25) is 0 Å². The molecule has 0 bridgehead atoms. The highest BCUT2D eigenvalue weighted by molar-refractivity contribution is 6.18. The summed E-state index contributed by atoms with van der Waals surface area (Å²) in [5.41, 5.74) is 0. The van der Waals surface area contributed by atoms with Gasteiger partial charge in [-0.05, 0) is 6.92 Å². The van der Waals surface area contributed by atoms with E-state index in [-0.39, 0.29) is 6.23 Å². The lowest BCUT2D eigenvalue weighted by Crippen LogP contribution is -2.37. The summed E-state index contributed by atoms with van der Waals surface area (Å²) < 4.78 is 5.13. The highest BCUT2D eigenvalue weighted by Crippen LogP contribution is 2.00. The first-order valence-electron chi connectivity index (χ1n) is 3.65. The summed E-state index contributed by atoms with van der Waals surface area (Å²) in [6.45, 7) is 3.63. The standard InChI is InChI=1S/C7H15Cl2NO/c1-7(11-2)10(5-3-8)6-4-9/h7H,3-6H2,1-2H3. The van der Waals surface area contributed by atoms with Crippen molar-refractivity contribution in [2.24, 2.45) is 0 Å². The fourth-order valence-corrected chi connectivity index (χ4v) is 1.28. The van der Waals surface area contributed by atoms with E-state index >= 15 is 0 Å². The van der Waals surface area contributed by atoms with Gasteiger partial charge in [0.05, 0.1) is 0 Å². The molecule has 0 fully saturated rings. The number of alkyl halides is 2. The molecule has 0 heterocycles. The minimum absolute atomic E-state index is 0.104. The van der Waals surface area contributed by atoms with Gasteiger partial charge in [0.1, 0.15) is 6.23 Å².